The molecule has 9 heteroatoms. The van der Waals surface area contributed by atoms with Crippen LogP contribution in [0, 0.1) is 25.7 Å². The van der Waals surface area contributed by atoms with Gasteiger partial charge in [0.15, 0.2) is 10.7 Å². The highest BCUT2D eigenvalue weighted by Crippen LogP contribution is 2.24. The molecule has 8 nitrogen and oxygen atoms in total. The molecular weight excluding hydrogens is 520 g/mol. The molecule has 4 heterocycles. The molecule has 0 saturated carbocycles. The summed E-state index contributed by atoms with van der Waals surface area (Å²) in [4.78, 5) is 36.4. The van der Waals surface area contributed by atoms with E-state index in [1.807, 2.05) is 73.8 Å². The standard InChI is InChI=1S/C31H24N6O2S/c1-19-18-40-26(33-19)14-13-22-9-7-10-23-17-25(37(31(39)28(22)23)24-11-5-4-6-12-24)20(2)34-30(38)27-21(3)35-36-16-8-15-32-29(27)36/h4-12,15-18,20H,1-3H3,(H,34,38). The van der Waals surface area contributed by atoms with Gasteiger partial charge in [-0.25, -0.2) is 14.5 Å². The minimum Gasteiger partial charge on any atom is -0.344 e. The lowest BCUT2D eigenvalue weighted by atomic mass is 10.0. The van der Waals surface area contributed by atoms with Crippen molar-refractivity contribution in [2.24, 2.45) is 0 Å². The summed E-state index contributed by atoms with van der Waals surface area (Å²) < 4.78 is 3.23. The molecule has 1 unspecified atom stereocenters. The van der Waals surface area contributed by atoms with Gasteiger partial charge in [0, 0.05) is 40.4 Å². The van der Waals surface area contributed by atoms with E-state index in [-0.39, 0.29) is 11.5 Å². The molecule has 0 saturated heterocycles. The molecule has 6 rings (SSSR count). The summed E-state index contributed by atoms with van der Waals surface area (Å²) in [5.74, 6) is 5.94. The number of fused-ring (bicyclic) bond motifs is 2. The van der Waals surface area contributed by atoms with Gasteiger partial charge in [-0.2, -0.15) is 5.10 Å². The Kier molecular flexibility index (Phi) is 6.46. The number of thiazole rings is 1. The quantitative estimate of drug-likeness (QED) is 0.315. The number of hydrogen-bond donors (Lipinski definition) is 1. The fourth-order valence-corrected chi connectivity index (χ4v) is 5.43. The third kappa shape index (κ3) is 4.55. The number of nitrogens with one attached hydrogen (secondary N) is 1. The van der Waals surface area contributed by atoms with Crippen molar-refractivity contribution < 1.29 is 4.79 Å². The van der Waals surface area contributed by atoms with E-state index in [1.165, 1.54) is 11.3 Å². The second kappa shape index (κ2) is 10.2. The monoisotopic (exact) mass is 544 g/mol. The van der Waals surface area contributed by atoms with Gasteiger partial charge in [0.05, 0.1) is 17.1 Å². The number of pyridine rings is 1. The van der Waals surface area contributed by atoms with Crippen molar-refractivity contribution in [1.29, 1.82) is 0 Å². The molecule has 1 atom stereocenters. The maximum absolute atomic E-state index is 14.2. The van der Waals surface area contributed by atoms with Crippen LogP contribution in [0.5, 0.6) is 0 Å². The second-order valence-corrected chi connectivity index (χ2v) is 10.3. The van der Waals surface area contributed by atoms with Gasteiger partial charge in [-0.1, -0.05) is 36.3 Å². The highest BCUT2D eigenvalue weighted by Gasteiger charge is 2.23. The number of nitrogens with zero attached hydrogens (tertiary/aromatic N) is 5. The minimum atomic E-state index is -0.518. The topological polar surface area (TPSA) is 94.2 Å². The SMILES string of the molecule is Cc1csc(C#Cc2cccc3cc(C(C)NC(=O)c4c(C)nn5cccnc45)n(-c4ccccc4)c(=O)c23)n1. The van der Waals surface area contributed by atoms with E-state index in [9.17, 15) is 9.59 Å². The normalized spacial score (nSPS) is 11.8. The van der Waals surface area contributed by atoms with Crippen molar-refractivity contribution in [1.82, 2.24) is 29.5 Å². The Morgan fingerprint density at radius 1 is 1.05 bits per heavy atom. The molecule has 0 aliphatic rings. The number of amides is 1. The molecule has 0 spiro atoms. The molecular formula is C31H24N6O2S. The Labute approximate surface area is 234 Å². The molecule has 0 radical (unpaired) electrons. The third-order valence-corrected chi connectivity index (χ3v) is 7.48. The van der Waals surface area contributed by atoms with Crippen molar-refractivity contribution in [2.75, 3.05) is 0 Å². The lowest BCUT2D eigenvalue weighted by Crippen LogP contribution is -2.32. The fourth-order valence-electron chi connectivity index (χ4n) is 4.79. The molecule has 0 bridgehead atoms. The van der Waals surface area contributed by atoms with E-state index in [1.54, 1.807) is 34.5 Å². The van der Waals surface area contributed by atoms with Gasteiger partial charge in [-0.15, -0.1) is 11.3 Å². The van der Waals surface area contributed by atoms with Crippen LogP contribution in [0.3, 0.4) is 0 Å². The number of aryl methyl sites for hydroxylation is 2. The van der Waals surface area contributed by atoms with Crippen LogP contribution in [-0.4, -0.2) is 30.1 Å². The summed E-state index contributed by atoms with van der Waals surface area (Å²) in [6.45, 7) is 5.56. The smallest absolute Gasteiger partial charge is 0.264 e. The molecule has 40 heavy (non-hydrogen) atoms. The Morgan fingerprint density at radius 2 is 1.88 bits per heavy atom. The van der Waals surface area contributed by atoms with Crippen molar-refractivity contribution in [3.63, 3.8) is 0 Å². The number of para-hydroxylation sites is 1. The molecule has 0 aliphatic heterocycles. The van der Waals surface area contributed by atoms with E-state index >= 15 is 0 Å². The van der Waals surface area contributed by atoms with Crippen molar-refractivity contribution in [3.8, 4) is 17.5 Å². The molecule has 4 aromatic heterocycles. The van der Waals surface area contributed by atoms with E-state index < -0.39 is 6.04 Å². The maximum atomic E-state index is 14.2. The number of hydrogen-bond acceptors (Lipinski definition) is 6. The van der Waals surface area contributed by atoms with E-state index in [4.69, 9.17) is 0 Å². The largest absolute Gasteiger partial charge is 0.344 e. The molecule has 196 valence electrons. The van der Waals surface area contributed by atoms with Crippen LogP contribution in [0.4, 0.5) is 0 Å². The Morgan fingerprint density at radius 3 is 2.65 bits per heavy atom. The average molecular weight is 545 g/mol. The van der Waals surface area contributed by atoms with Crippen LogP contribution in [0.15, 0.2) is 83.2 Å². The number of carbonyl (C=O) groups is 1. The summed E-state index contributed by atoms with van der Waals surface area (Å²) in [7, 11) is 0. The second-order valence-electron chi connectivity index (χ2n) is 9.40. The van der Waals surface area contributed by atoms with Gasteiger partial charge < -0.3 is 5.32 Å². The number of aromatic nitrogens is 5. The molecule has 0 aliphatic carbocycles. The number of carbonyl (C=O) groups excluding carboxylic acids is 1. The summed E-state index contributed by atoms with van der Waals surface area (Å²) in [5.41, 5.74) is 4.09. The Bertz CT molecular complexity index is 2030. The molecule has 2 aromatic carbocycles. The molecule has 6 aromatic rings. The summed E-state index contributed by atoms with van der Waals surface area (Å²) in [6, 6.07) is 18.2. The van der Waals surface area contributed by atoms with Crippen LogP contribution in [0.25, 0.3) is 22.1 Å². The average Bonchev–Trinajstić information content (AvgIpc) is 3.53. The van der Waals surface area contributed by atoms with Crippen LogP contribution in [0.2, 0.25) is 0 Å². The first-order valence-electron chi connectivity index (χ1n) is 12.7. The minimum absolute atomic E-state index is 0.214. The first-order chi connectivity index (χ1) is 19.4. The zero-order chi connectivity index (χ0) is 27.8. The number of benzene rings is 2. The first-order valence-corrected chi connectivity index (χ1v) is 13.6. The van der Waals surface area contributed by atoms with Crippen LogP contribution in [-0.2, 0) is 0 Å². The lowest BCUT2D eigenvalue weighted by Gasteiger charge is -2.21. The zero-order valence-corrected chi connectivity index (χ0v) is 22.9. The van der Waals surface area contributed by atoms with Crippen LogP contribution >= 0.6 is 11.3 Å². The molecule has 1 amide bonds. The number of rotatable bonds is 4. The van der Waals surface area contributed by atoms with Crippen LogP contribution in [0.1, 0.15) is 51.0 Å². The fraction of sp³-hybridized carbons (Fsp3) is 0.129. The summed E-state index contributed by atoms with van der Waals surface area (Å²) >= 11 is 1.47. The summed E-state index contributed by atoms with van der Waals surface area (Å²) in [5, 5.41) is 11.4. The van der Waals surface area contributed by atoms with Crippen molar-refractivity contribution >= 4 is 33.7 Å². The zero-order valence-electron chi connectivity index (χ0n) is 22.0. The summed E-state index contributed by atoms with van der Waals surface area (Å²) in [6.07, 6.45) is 3.38. The highest BCUT2D eigenvalue weighted by molar-refractivity contribution is 7.10. The molecule has 0 fully saturated rings. The Balaban J connectivity index is 1.48. The highest BCUT2D eigenvalue weighted by atomic mass is 32.1. The van der Waals surface area contributed by atoms with E-state index in [2.05, 4.69) is 32.2 Å². The molecule has 1 N–H and O–H groups in total. The van der Waals surface area contributed by atoms with Crippen molar-refractivity contribution in [3.05, 3.63) is 122 Å². The van der Waals surface area contributed by atoms with Gasteiger partial charge in [-0.3, -0.25) is 14.2 Å². The predicted molar refractivity (Wildman–Crippen MR) is 156 cm³/mol. The Hall–Kier alpha value is -5.07. The maximum Gasteiger partial charge on any atom is 0.264 e. The van der Waals surface area contributed by atoms with Gasteiger partial charge in [0.2, 0.25) is 0 Å². The van der Waals surface area contributed by atoms with E-state index in [0.29, 0.717) is 44.2 Å². The van der Waals surface area contributed by atoms with Gasteiger partial charge >= 0.3 is 0 Å². The predicted octanol–water partition coefficient (Wildman–Crippen LogP) is 5.00. The van der Waals surface area contributed by atoms with Gasteiger partial charge in [0.25, 0.3) is 11.5 Å². The van der Waals surface area contributed by atoms with Gasteiger partial charge in [0.1, 0.15) is 5.56 Å². The van der Waals surface area contributed by atoms with Gasteiger partial charge in [-0.05, 0) is 62.4 Å². The van der Waals surface area contributed by atoms with E-state index in [0.717, 1.165) is 11.1 Å². The lowest BCUT2D eigenvalue weighted by molar-refractivity contribution is 0.0939. The van der Waals surface area contributed by atoms with Crippen molar-refractivity contribution in [2.45, 2.75) is 26.8 Å². The third-order valence-electron chi connectivity index (χ3n) is 6.60. The van der Waals surface area contributed by atoms with Crippen LogP contribution < -0.4 is 10.9 Å². The first kappa shape index (κ1) is 25.2.